The van der Waals surface area contributed by atoms with Gasteiger partial charge < -0.3 is 9.97 Å². The van der Waals surface area contributed by atoms with Crippen molar-refractivity contribution in [3.05, 3.63) is 121 Å². The predicted octanol–water partition coefficient (Wildman–Crippen LogP) is 8.31. The molecule has 0 bridgehead atoms. The third kappa shape index (κ3) is 3.23. The maximum Gasteiger partial charge on any atom is 0.0465 e. The van der Waals surface area contributed by atoms with Gasteiger partial charge in [-0.2, -0.15) is 0 Å². The summed E-state index contributed by atoms with van der Waals surface area (Å²) in [7, 11) is 0. The molecule has 0 aliphatic heterocycles. The molecule has 0 saturated heterocycles. The fraction of sp³-hybridized carbons (Fsp3) is 0. The molecule has 0 fully saturated rings. The molecule has 0 aliphatic carbocycles. The van der Waals surface area contributed by atoms with Crippen molar-refractivity contribution in [2.75, 3.05) is 0 Å². The number of benzene rings is 5. The number of aromatic amines is 2. The zero-order valence-corrected chi connectivity index (χ0v) is 17.5. The van der Waals surface area contributed by atoms with Crippen molar-refractivity contribution >= 4 is 43.6 Å². The Hall–Kier alpha value is -4.30. The van der Waals surface area contributed by atoms with Crippen molar-refractivity contribution in [2.45, 2.75) is 0 Å². The maximum absolute atomic E-state index is 3.46. The second-order valence-corrected chi connectivity index (χ2v) is 8.01. The van der Waals surface area contributed by atoms with E-state index in [0.29, 0.717) is 0 Å². The number of H-pyrrole nitrogens is 2. The van der Waals surface area contributed by atoms with Crippen LogP contribution in [-0.2, 0) is 0 Å². The molecule has 2 nitrogen and oxygen atoms in total. The molecular formula is C30H22N2. The van der Waals surface area contributed by atoms with Crippen LogP contribution in [0.25, 0.3) is 54.7 Å². The Balaban J connectivity index is 0.000000131. The molecule has 2 aromatic heterocycles. The van der Waals surface area contributed by atoms with Gasteiger partial charge in [0, 0.05) is 43.6 Å². The Bertz CT molecular complexity index is 1620. The van der Waals surface area contributed by atoms with E-state index in [4.69, 9.17) is 0 Å². The first kappa shape index (κ1) is 18.5. The number of rotatable bonds is 1. The van der Waals surface area contributed by atoms with E-state index in [1.54, 1.807) is 0 Å². The van der Waals surface area contributed by atoms with Gasteiger partial charge in [0.2, 0.25) is 0 Å². The Morgan fingerprint density at radius 1 is 0.312 bits per heavy atom. The summed E-state index contributed by atoms with van der Waals surface area (Å²) in [4.78, 5) is 6.83. The van der Waals surface area contributed by atoms with Crippen molar-refractivity contribution in [3.8, 4) is 11.1 Å². The van der Waals surface area contributed by atoms with Crippen molar-refractivity contribution in [1.82, 2.24) is 9.97 Å². The van der Waals surface area contributed by atoms with Crippen molar-refractivity contribution in [3.63, 3.8) is 0 Å². The molecule has 0 aliphatic rings. The second kappa shape index (κ2) is 7.75. The molecule has 0 atom stereocenters. The van der Waals surface area contributed by atoms with E-state index in [1.165, 1.54) is 54.7 Å². The van der Waals surface area contributed by atoms with Crippen LogP contribution in [0.3, 0.4) is 0 Å². The lowest BCUT2D eigenvalue weighted by atomic mass is 10.0. The normalized spacial score (nSPS) is 11.1. The smallest absolute Gasteiger partial charge is 0.0465 e. The number of hydrogen-bond acceptors (Lipinski definition) is 0. The van der Waals surface area contributed by atoms with Crippen LogP contribution in [0.1, 0.15) is 0 Å². The van der Waals surface area contributed by atoms with Crippen LogP contribution >= 0.6 is 0 Å². The average Bonchev–Trinajstić information content (AvgIpc) is 3.43. The van der Waals surface area contributed by atoms with E-state index < -0.39 is 0 Å². The van der Waals surface area contributed by atoms with E-state index >= 15 is 0 Å². The highest BCUT2D eigenvalue weighted by Gasteiger charge is 2.05. The minimum atomic E-state index is 1.20. The average molecular weight is 411 g/mol. The van der Waals surface area contributed by atoms with Crippen LogP contribution in [0.2, 0.25) is 0 Å². The van der Waals surface area contributed by atoms with Crippen LogP contribution in [0.4, 0.5) is 0 Å². The molecule has 0 amide bonds. The van der Waals surface area contributed by atoms with E-state index in [1.807, 2.05) is 6.07 Å². The molecule has 2 N–H and O–H groups in total. The first-order valence-electron chi connectivity index (χ1n) is 10.9. The number of nitrogens with one attached hydrogen (secondary N) is 2. The van der Waals surface area contributed by atoms with Gasteiger partial charge in [0.15, 0.2) is 0 Å². The van der Waals surface area contributed by atoms with Gasteiger partial charge in [0.1, 0.15) is 0 Å². The summed E-state index contributed by atoms with van der Waals surface area (Å²) >= 11 is 0. The molecule has 32 heavy (non-hydrogen) atoms. The van der Waals surface area contributed by atoms with Crippen molar-refractivity contribution in [1.29, 1.82) is 0 Å². The zero-order valence-electron chi connectivity index (χ0n) is 17.5. The molecule has 0 unspecified atom stereocenters. The second-order valence-electron chi connectivity index (χ2n) is 8.01. The van der Waals surface area contributed by atoms with E-state index in [0.717, 1.165) is 0 Å². The van der Waals surface area contributed by atoms with Crippen LogP contribution in [0.15, 0.2) is 121 Å². The van der Waals surface area contributed by atoms with Crippen LogP contribution < -0.4 is 0 Å². The van der Waals surface area contributed by atoms with Gasteiger partial charge in [-0.1, -0.05) is 91.0 Å². The maximum atomic E-state index is 3.46. The number of para-hydroxylation sites is 3. The first-order chi connectivity index (χ1) is 15.9. The molecular weight excluding hydrogens is 388 g/mol. The first-order valence-corrected chi connectivity index (χ1v) is 10.9. The van der Waals surface area contributed by atoms with Crippen LogP contribution in [0.5, 0.6) is 0 Å². The fourth-order valence-electron chi connectivity index (χ4n) is 4.46. The number of fused-ring (bicyclic) bond motifs is 6. The van der Waals surface area contributed by atoms with Crippen LogP contribution in [-0.4, -0.2) is 9.97 Å². The quantitative estimate of drug-likeness (QED) is 0.273. The topological polar surface area (TPSA) is 31.6 Å². The molecule has 2 heteroatoms. The SMILES string of the molecule is c1ccc(-c2ccc3[nH]c4ccccc4c3c2)cc1.c1ccc2c(c1)[nH]c1ccccc12. The van der Waals surface area contributed by atoms with Gasteiger partial charge in [-0.25, -0.2) is 0 Å². The molecule has 152 valence electrons. The largest absolute Gasteiger partial charge is 0.355 e. The molecule has 2 heterocycles. The van der Waals surface area contributed by atoms with Gasteiger partial charge in [0.05, 0.1) is 0 Å². The number of hydrogen-bond donors (Lipinski definition) is 2. The Kier molecular flexibility index (Phi) is 4.47. The van der Waals surface area contributed by atoms with Crippen LogP contribution in [0, 0.1) is 0 Å². The predicted molar refractivity (Wildman–Crippen MR) is 137 cm³/mol. The summed E-state index contributed by atoms with van der Waals surface area (Å²) in [6, 6.07) is 42.3. The Morgan fingerprint density at radius 3 is 1.31 bits per heavy atom. The summed E-state index contributed by atoms with van der Waals surface area (Å²) in [5.74, 6) is 0. The third-order valence-corrected chi connectivity index (χ3v) is 6.03. The zero-order chi connectivity index (χ0) is 21.3. The Labute approximate surface area is 186 Å². The summed E-state index contributed by atoms with van der Waals surface area (Å²) in [6.07, 6.45) is 0. The fourth-order valence-corrected chi connectivity index (χ4v) is 4.46. The highest BCUT2D eigenvalue weighted by Crippen LogP contribution is 2.29. The summed E-state index contributed by atoms with van der Waals surface area (Å²) in [5.41, 5.74) is 7.34. The van der Waals surface area contributed by atoms with E-state index in [2.05, 4.69) is 125 Å². The van der Waals surface area contributed by atoms with E-state index in [9.17, 15) is 0 Å². The Morgan fingerprint density at radius 2 is 0.750 bits per heavy atom. The highest BCUT2D eigenvalue weighted by atomic mass is 14.7. The van der Waals surface area contributed by atoms with E-state index in [-0.39, 0.29) is 0 Å². The van der Waals surface area contributed by atoms with Crippen molar-refractivity contribution < 1.29 is 0 Å². The van der Waals surface area contributed by atoms with Gasteiger partial charge in [-0.05, 0) is 41.5 Å². The molecule has 0 saturated carbocycles. The molecule has 7 aromatic rings. The monoisotopic (exact) mass is 410 g/mol. The lowest BCUT2D eigenvalue weighted by molar-refractivity contribution is 1.54. The van der Waals surface area contributed by atoms with Gasteiger partial charge in [-0.15, -0.1) is 0 Å². The molecule has 5 aromatic carbocycles. The van der Waals surface area contributed by atoms with Gasteiger partial charge >= 0.3 is 0 Å². The molecule has 7 rings (SSSR count). The summed E-state index contributed by atoms with van der Waals surface area (Å²) in [6.45, 7) is 0. The number of aromatic nitrogens is 2. The lowest BCUT2D eigenvalue weighted by Gasteiger charge is -2.01. The molecule has 0 radical (unpaired) electrons. The van der Waals surface area contributed by atoms with Gasteiger partial charge in [0.25, 0.3) is 0 Å². The highest BCUT2D eigenvalue weighted by molar-refractivity contribution is 6.08. The van der Waals surface area contributed by atoms with Gasteiger partial charge in [-0.3, -0.25) is 0 Å². The minimum Gasteiger partial charge on any atom is -0.355 e. The minimum absolute atomic E-state index is 1.20. The standard InChI is InChI=1S/C18H13N.C12H9N/c1-2-6-13(7-3-1)14-10-11-18-16(12-14)15-8-4-5-9-17(15)19-18;1-3-7-11-9(5-1)10-6-2-4-8-12(10)13-11/h1-12,19H;1-8,13H. The third-order valence-electron chi connectivity index (χ3n) is 6.03. The lowest BCUT2D eigenvalue weighted by Crippen LogP contribution is -1.76. The summed E-state index contributed by atoms with van der Waals surface area (Å²) in [5, 5.41) is 5.18. The molecule has 0 spiro atoms. The summed E-state index contributed by atoms with van der Waals surface area (Å²) < 4.78 is 0. The van der Waals surface area contributed by atoms with Crippen molar-refractivity contribution in [2.24, 2.45) is 0 Å².